The van der Waals surface area contributed by atoms with E-state index in [0.717, 1.165) is 31.3 Å². The second-order valence-electron chi connectivity index (χ2n) is 9.48. The van der Waals surface area contributed by atoms with Gasteiger partial charge in [0, 0.05) is 29.8 Å². The maximum absolute atomic E-state index is 13.5. The Hall–Kier alpha value is -3.19. The summed E-state index contributed by atoms with van der Waals surface area (Å²) in [5.74, 6) is -0.180. The number of nitrogens with one attached hydrogen (secondary N) is 1. The van der Waals surface area contributed by atoms with Crippen LogP contribution in [0.25, 0.3) is 22.3 Å². The fourth-order valence-corrected chi connectivity index (χ4v) is 5.14. The van der Waals surface area contributed by atoms with Crippen molar-refractivity contribution in [3.05, 3.63) is 58.4 Å². The van der Waals surface area contributed by atoms with E-state index in [9.17, 15) is 9.90 Å². The number of fused-ring (bicyclic) bond motifs is 1. The van der Waals surface area contributed by atoms with Crippen molar-refractivity contribution in [2.45, 2.75) is 71.0 Å². The molecule has 3 aromatic rings. The number of phenols is 1. The molecule has 0 bridgehead atoms. The lowest BCUT2D eigenvalue weighted by atomic mass is 9.97. The summed E-state index contributed by atoms with van der Waals surface area (Å²) < 4.78 is 1.77. The smallest absolute Gasteiger partial charge is 0.277 e. The van der Waals surface area contributed by atoms with Gasteiger partial charge in [-0.2, -0.15) is 0 Å². The molecule has 0 spiro atoms. The number of aromatic hydroxyl groups is 1. The van der Waals surface area contributed by atoms with Crippen LogP contribution in [0.5, 0.6) is 5.75 Å². The predicted octanol–water partition coefficient (Wildman–Crippen LogP) is 4.49. The molecule has 1 saturated heterocycles. The van der Waals surface area contributed by atoms with E-state index in [2.05, 4.69) is 23.7 Å². The third-order valence-electron chi connectivity index (χ3n) is 7.09. The second-order valence-corrected chi connectivity index (χ2v) is 9.48. The molecule has 0 aliphatic carbocycles. The van der Waals surface area contributed by atoms with Crippen LogP contribution in [0.15, 0.2) is 47.3 Å². The number of unbranched alkanes of at least 4 members (excludes halogenated alkanes) is 2. The monoisotopic (exact) mass is 461 g/mol. The van der Waals surface area contributed by atoms with Gasteiger partial charge < -0.3 is 15.4 Å². The van der Waals surface area contributed by atoms with Crippen LogP contribution < -0.4 is 11.3 Å². The number of hydrogen-bond donors (Lipinski definition) is 3. The number of nitrogens with zero attached hydrogens (tertiary/aromatic N) is 3. The predicted molar refractivity (Wildman–Crippen MR) is 137 cm³/mol. The number of benzene rings is 2. The summed E-state index contributed by atoms with van der Waals surface area (Å²) in [6, 6.07) is 13.5. The molecule has 1 aliphatic rings. The van der Waals surface area contributed by atoms with Crippen molar-refractivity contribution in [3.63, 3.8) is 0 Å². The third kappa shape index (κ3) is 4.99. The highest BCUT2D eigenvalue weighted by molar-refractivity contribution is 5.96. The first-order valence-corrected chi connectivity index (χ1v) is 12.3. The lowest BCUT2D eigenvalue weighted by Gasteiger charge is -2.39. The molecule has 1 aliphatic heterocycles. The summed E-state index contributed by atoms with van der Waals surface area (Å²) in [5.41, 5.74) is 7.78. The number of rotatable bonds is 8. The molecule has 180 valence electrons. The van der Waals surface area contributed by atoms with Crippen LogP contribution >= 0.6 is 0 Å². The summed E-state index contributed by atoms with van der Waals surface area (Å²) in [5, 5.41) is 18.2. The number of amidine groups is 1. The Morgan fingerprint density at radius 1 is 1.09 bits per heavy atom. The van der Waals surface area contributed by atoms with Crippen LogP contribution in [0.3, 0.4) is 0 Å². The number of nitrogens with two attached hydrogens (primary N) is 1. The van der Waals surface area contributed by atoms with Gasteiger partial charge in [0.15, 0.2) is 0 Å². The summed E-state index contributed by atoms with van der Waals surface area (Å²) in [6.45, 7) is 6.35. The number of para-hydroxylation sites is 2. The van der Waals surface area contributed by atoms with Gasteiger partial charge in [0.25, 0.3) is 5.56 Å². The number of piperidine rings is 1. The normalized spacial score (nSPS) is 18.9. The van der Waals surface area contributed by atoms with E-state index in [0.29, 0.717) is 35.3 Å². The van der Waals surface area contributed by atoms with Gasteiger partial charge in [-0.1, -0.05) is 25.0 Å². The minimum atomic E-state index is -0.243. The largest absolute Gasteiger partial charge is 0.507 e. The first-order valence-electron chi connectivity index (χ1n) is 12.3. The Morgan fingerprint density at radius 3 is 2.53 bits per heavy atom. The van der Waals surface area contributed by atoms with Crippen molar-refractivity contribution in [2.24, 2.45) is 5.73 Å². The van der Waals surface area contributed by atoms with E-state index < -0.39 is 0 Å². The molecule has 4 rings (SSSR count). The van der Waals surface area contributed by atoms with Crippen LogP contribution in [0, 0.1) is 5.41 Å². The van der Waals surface area contributed by atoms with Gasteiger partial charge in [-0.3, -0.25) is 15.1 Å². The van der Waals surface area contributed by atoms with Crippen LogP contribution in [0.2, 0.25) is 0 Å². The fourth-order valence-electron chi connectivity index (χ4n) is 5.14. The Bertz CT molecular complexity index is 1230. The van der Waals surface area contributed by atoms with Crippen molar-refractivity contribution in [1.29, 1.82) is 5.41 Å². The molecule has 4 N–H and O–H groups in total. The van der Waals surface area contributed by atoms with Gasteiger partial charge in [-0.05, 0) is 76.4 Å². The molecular formula is C27H35N5O2. The van der Waals surface area contributed by atoms with Gasteiger partial charge in [0.1, 0.15) is 17.3 Å². The highest BCUT2D eigenvalue weighted by Crippen LogP contribution is 2.28. The minimum Gasteiger partial charge on any atom is -0.507 e. The average molecular weight is 462 g/mol. The van der Waals surface area contributed by atoms with E-state index in [-0.39, 0.29) is 22.8 Å². The maximum atomic E-state index is 13.5. The Morgan fingerprint density at radius 2 is 1.79 bits per heavy atom. The van der Waals surface area contributed by atoms with Crippen LogP contribution in [-0.4, -0.2) is 44.0 Å². The first-order chi connectivity index (χ1) is 16.4. The number of nitrogen functional groups attached to an aromatic ring is 1. The molecule has 2 atom stereocenters. The van der Waals surface area contributed by atoms with Gasteiger partial charge >= 0.3 is 0 Å². The fraction of sp³-hybridized carbons (Fsp3) is 0.444. The van der Waals surface area contributed by atoms with E-state index in [1.807, 2.05) is 24.3 Å². The molecule has 1 aromatic heterocycles. The highest BCUT2D eigenvalue weighted by Gasteiger charge is 2.23. The van der Waals surface area contributed by atoms with Crippen molar-refractivity contribution < 1.29 is 5.11 Å². The van der Waals surface area contributed by atoms with Gasteiger partial charge in [0.2, 0.25) is 0 Å². The summed E-state index contributed by atoms with van der Waals surface area (Å²) in [7, 11) is 0. The lowest BCUT2D eigenvalue weighted by Crippen LogP contribution is -2.44. The van der Waals surface area contributed by atoms with E-state index in [1.165, 1.54) is 25.3 Å². The van der Waals surface area contributed by atoms with Crippen LogP contribution in [0.4, 0.5) is 0 Å². The Balaban J connectivity index is 1.56. The molecule has 0 saturated carbocycles. The molecule has 34 heavy (non-hydrogen) atoms. The molecular weight excluding hydrogens is 426 g/mol. The van der Waals surface area contributed by atoms with Gasteiger partial charge in [0.05, 0.1) is 11.0 Å². The summed E-state index contributed by atoms with van der Waals surface area (Å²) >= 11 is 0. The molecule has 7 heteroatoms. The number of likely N-dealkylation sites (tertiary alicyclic amines) is 1. The Labute approximate surface area is 200 Å². The zero-order chi connectivity index (χ0) is 24.2. The van der Waals surface area contributed by atoms with Crippen molar-refractivity contribution in [3.8, 4) is 17.0 Å². The van der Waals surface area contributed by atoms with E-state index in [4.69, 9.17) is 11.1 Å². The zero-order valence-electron chi connectivity index (χ0n) is 20.1. The quantitative estimate of drug-likeness (QED) is 0.260. The molecule has 7 nitrogen and oxygen atoms in total. The number of aromatic nitrogens is 2. The number of aryl methyl sites for hydroxylation is 1. The zero-order valence-corrected chi connectivity index (χ0v) is 20.1. The second kappa shape index (κ2) is 10.4. The number of phenolic OH excluding ortho intramolecular Hbond substituents is 1. The van der Waals surface area contributed by atoms with Crippen molar-refractivity contribution in [2.75, 3.05) is 6.54 Å². The van der Waals surface area contributed by atoms with Crippen molar-refractivity contribution >= 4 is 16.9 Å². The first kappa shape index (κ1) is 24.0. The molecule has 2 aromatic carbocycles. The number of hydrogen-bond acceptors (Lipinski definition) is 5. The molecule has 0 radical (unpaired) electrons. The maximum Gasteiger partial charge on any atom is 0.277 e. The van der Waals surface area contributed by atoms with E-state index >= 15 is 0 Å². The van der Waals surface area contributed by atoms with Crippen LogP contribution in [-0.2, 0) is 6.54 Å². The summed E-state index contributed by atoms with van der Waals surface area (Å²) in [6.07, 6.45) is 6.93. The highest BCUT2D eigenvalue weighted by atomic mass is 16.3. The Kier molecular flexibility index (Phi) is 7.32. The van der Waals surface area contributed by atoms with Crippen LogP contribution in [0.1, 0.15) is 57.9 Å². The molecule has 0 amide bonds. The standard InChI is InChI=1S/C27H35N5O2/c1-18-9-8-10-19(2)31(18)15-6-3-7-16-32-23-12-5-4-11-22(23)30-25(27(32)34)21-17-20(26(28)29)13-14-24(21)33/h4-5,11-14,17-19,33H,3,6-10,15-16H2,1-2H3,(H3,28,29). The van der Waals surface area contributed by atoms with Gasteiger partial charge in [-0.15, -0.1) is 0 Å². The molecule has 2 unspecified atom stereocenters. The van der Waals surface area contributed by atoms with Crippen molar-refractivity contribution in [1.82, 2.24) is 14.5 Å². The van der Waals surface area contributed by atoms with Gasteiger partial charge in [-0.25, -0.2) is 4.98 Å². The third-order valence-corrected chi connectivity index (χ3v) is 7.09. The lowest BCUT2D eigenvalue weighted by molar-refractivity contribution is 0.101. The summed E-state index contributed by atoms with van der Waals surface area (Å²) in [4.78, 5) is 20.7. The molecule has 1 fully saturated rings. The molecule has 2 heterocycles. The SMILES string of the molecule is CC1CCCC(C)N1CCCCCn1c(=O)c(-c2cc(C(=N)N)ccc2O)nc2ccccc21. The topological polar surface area (TPSA) is 108 Å². The van der Waals surface area contributed by atoms with E-state index in [1.54, 1.807) is 16.7 Å². The average Bonchev–Trinajstić information content (AvgIpc) is 2.81. The minimum absolute atomic E-state index is 0.0544.